The van der Waals surface area contributed by atoms with E-state index in [4.69, 9.17) is 4.74 Å². The molecule has 1 aliphatic rings. The molecule has 1 N–H and O–H groups in total. The molecule has 156 valence electrons. The first-order valence-corrected chi connectivity index (χ1v) is 9.88. The molecule has 1 amide bonds. The maximum absolute atomic E-state index is 13.7. The van der Waals surface area contributed by atoms with Gasteiger partial charge in [-0.1, -0.05) is 18.2 Å². The number of hydrogen-bond acceptors (Lipinski definition) is 5. The highest BCUT2D eigenvalue weighted by Crippen LogP contribution is 2.23. The molecular formula is C21H27FN4O3. The highest BCUT2D eigenvalue weighted by molar-refractivity contribution is 5.76. The van der Waals surface area contributed by atoms with Crippen LogP contribution in [0.3, 0.4) is 0 Å². The number of nitrogens with zero attached hydrogens (tertiary/aromatic N) is 3. The largest absolute Gasteiger partial charge is 0.383 e. The lowest BCUT2D eigenvalue weighted by Crippen LogP contribution is -2.39. The van der Waals surface area contributed by atoms with Gasteiger partial charge < -0.3 is 15.0 Å². The first-order valence-electron chi connectivity index (χ1n) is 9.88. The number of piperidine rings is 1. The first-order chi connectivity index (χ1) is 14.1. The maximum atomic E-state index is 13.7. The molecule has 0 aliphatic carbocycles. The van der Waals surface area contributed by atoms with Crippen molar-refractivity contribution in [3.8, 4) is 0 Å². The van der Waals surface area contributed by atoms with Gasteiger partial charge in [-0.3, -0.25) is 9.59 Å². The first kappa shape index (κ1) is 21.0. The van der Waals surface area contributed by atoms with E-state index in [0.717, 1.165) is 25.1 Å². The standard InChI is InChI=1S/C21H27FN4O3/c1-29-10-9-26-21(28)12-18(14-24-26)25-8-4-5-16(15-25)11-20(27)23-13-17-6-2-3-7-19(17)22/h2-3,6-7,12,14,16H,4-5,8-11,13,15H2,1H3,(H,23,27). The Hall–Kier alpha value is -2.74. The van der Waals surface area contributed by atoms with Crippen molar-refractivity contribution in [1.29, 1.82) is 0 Å². The molecule has 1 aliphatic heterocycles. The predicted octanol–water partition coefficient (Wildman–Crippen LogP) is 1.95. The number of ether oxygens (including phenoxy) is 1. The minimum Gasteiger partial charge on any atom is -0.383 e. The molecule has 0 bridgehead atoms. The van der Waals surface area contributed by atoms with Crippen LogP contribution in [0.25, 0.3) is 0 Å². The smallest absolute Gasteiger partial charge is 0.268 e. The fraction of sp³-hybridized carbons (Fsp3) is 0.476. The second-order valence-electron chi connectivity index (χ2n) is 7.29. The zero-order chi connectivity index (χ0) is 20.6. The average Bonchev–Trinajstić information content (AvgIpc) is 2.72. The van der Waals surface area contributed by atoms with Gasteiger partial charge in [-0.15, -0.1) is 0 Å². The van der Waals surface area contributed by atoms with E-state index in [0.29, 0.717) is 31.7 Å². The molecule has 1 aromatic heterocycles. The summed E-state index contributed by atoms with van der Waals surface area (Å²) in [6, 6.07) is 8.02. The Balaban J connectivity index is 1.53. The number of halogens is 1. The number of nitrogens with one attached hydrogen (secondary N) is 1. The van der Waals surface area contributed by atoms with Gasteiger partial charge in [0.2, 0.25) is 5.91 Å². The Bertz CT molecular complexity index is 886. The fourth-order valence-electron chi connectivity index (χ4n) is 3.58. The Labute approximate surface area is 169 Å². The van der Waals surface area contributed by atoms with Gasteiger partial charge in [0.25, 0.3) is 5.56 Å². The van der Waals surface area contributed by atoms with Crippen LogP contribution in [0.1, 0.15) is 24.8 Å². The zero-order valence-electron chi connectivity index (χ0n) is 16.6. The molecule has 0 saturated carbocycles. The van der Waals surface area contributed by atoms with E-state index in [9.17, 15) is 14.0 Å². The Morgan fingerprint density at radius 3 is 2.97 bits per heavy atom. The van der Waals surface area contributed by atoms with Crippen LogP contribution in [0.4, 0.5) is 10.1 Å². The molecule has 2 heterocycles. The lowest BCUT2D eigenvalue weighted by Gasteiger charge is -2.34. The van der Waals surface area contributed by atoms with Crippen molar-refractivity contribution in [2.75, 3.05) is 31.7 Å². The summed E-state index contributed by atoms with van der Waals surface area (Å²) in [4.78, 5) is 26.6. The van der Waals surface area contributed by atoms with Gasteiger partial charge in [-0.05, 0) is 24.8 Å². The third-order valence-electron chi connectivity index (χ3n) is 5.15. The van der Waals surface area contributed by atoms with Gasteiger partial charge in [0, 0.05) is 44.8 Å². The van der Waals surface area contributed by atoms with E-state index in [1.165, 1.54) is 10.7 Å². The van der Waals surface area contributed by atoms with Crippen molar-refractivity contribution in [2.24, 2.45) is 5.92 Å². The Morgan fingerprint density at radius 1 is 1.38 bits per heavy atom. The molecule has 1 saturated heterocycles. The Morgan fingerprint density at radius 2 is 2.21 bits per heavy atom. The lowest BCUT2D eigenvalue weighted by atomic mass is 9.94. The van der Waals surface area contributed by atoms with Crippen molar-refractivity contribution < 1.29 is 13.9 Å². The Kier molecular flexibility index (Phi) is 7.35. The molecular weight excluding hydrogens is 375 g/mol. The lowest BCUT2D eigenvalue weighted by molar-refractivity contribution is -0.122. The third-order valence-corrected chi connectivity index (χ3v) is 5.15. The number of anilines is 1. The number of carbonyl (C=O) groups is 1. The third kappa shape index (κ3) is 5.87. The molecule has 7 nitrogen and oxygen atoms in total. The van der Waals surface area contributed by atoms with Crippen molar-refractivity contribution >= 4 is 11.6 Å². The normalized spacial score (nSPS) is 16.6. The minimum atomic E-state index is -0.315. The topological polar surface area (TPSA) is 76.5 Å². The van der Waals surface area contributed by atoms with Gasteiger partial charge in [0.1, 0.15) is 5.82 Å². The molecule has 0 spiro atoms. The maximum Gasteiger partial charge on any atom is 0.268 e. The van der Waals surface area contributed by atoms with E-state index in [2.05, 4.69) is 15.3 Å². The summed E-state index contributed by atoms with van der Waals surface area (Å²) >= 11 is 0. The predicted molar refractivity (Wildman–Crippen MR) is 108 cm³/mol. The van der Waals surface area contributed by atoms with Crippen LogP contribution < -0.4 is 15.8 Å². The van der Waals surface area contributed by atoms with E-state index in [1.807, 2.05) is 0 Å². The SMILES string of the molecule is COCCn1ncc(N2CCCC(CC(=O)NCc3ccccc3F)C2)cc1=O. The van der Waals surface area contributed by atoms with Crippen LogP contribution in [-0.2, 0) is 22.6 Å². The zero-order valence-corrected chi connectivity index (χ0v) is 16.6. The highest BCUT2D eigenvalue weighted by atomic mass is 19.1. The van der Waals surface area contributed by atoms with Crippen LogP contribution in [0.5, 0.6) is 0 Å². The van der Waals surface area contributed by atoms with E-state index in [-0.39, 0.29) is 29.7 Å². The van der Waals surface area contributed by atoms with Crippen LogP contribution in [0, 0.1) is 11.7 Å². The molecule has 1 aromatic carbocycles. The molecule has 3 rings (SSSR count). The van der Waals surface area contributed by atoms with Crippen molar-refractivity contribution in [3.63, 3.8) is 0 Å². The summed E-state index contributed by atoms with van der Waals surface area (Å²) in [6.45, 7) is 2.55. The number of methoxy groups -OCH3 is 1. The summed E-state index contributed by atoms with van der Waals surface area (Å²) in [7, 11) is 1.58. The van der Waals surface area contributed by atoms with Crippen LogP contribution in [0.15, 0.2) is 41.3 Å². The quantitative estimate of drug-likeness (QED) is 0.730. The van der Waals surface area contributed by atoms with Crippen molar-refractivity contribution in [2.45, 2.75) is 32.4 Å². The van der Waals surface area contributed by atoms with Crippen LogP contribution in [0.2, 0.25) is 0 Å². The van der Waals surface area contributed by atoms with Crippen LogP contribution in [-0.4, -0.2) is 42.5 Å². The number of carbonyl (C=O) groups excluding carboxylic acids is 1. The van der Waals surface area contributed by atoms with Gasteiger partial charge in [0.05, 0.1) is 25.0 Å². The van der Waals surface area contributed by atoms with E-state index < -0.39 is 0 Å². The number of hydrogen-bond donors (Lipinski definition) is 1. The minimum absolute atomic E-state index is 0.0896. The fourth-order valence-corrected chi connectivity index (χ4v) is 3.58. The molecule has 1 fully saturated rings. The number of amides is 1. The molecule has 1 atom stereocenters. The van der Waals surface area contributed by atoms with E-state index >= 15 is 0 Å². The van der Waals surface area contributed by atoms with Crippen molar-refractivity contribution in [1.82, 2.24) is 15.1 Å². The number of rotatable bonds is 8. The van der Waals surface area contributed by atoms with Gasteiger partial charge in [-0.2, -0.15) is 5.10 Å². The summed E-state index contributed by atoms with van der Waals surface area (Å²) < 4.78 is 20.0. The molecule has 1 unspecified atom stereocenters. The highest BCUT2D eigenvalue weighted by Gasteiger charge is 2.23. The second kappa shape index (κ2) is 10.2. The van der Waals surface area contributed by atoms with Crippen LogP contribution >= 0.6 is 0 Å². The van der Waals surface area contributed by atoms with Gasteiger partial charge in [0.15, 0.2) is 0 Å². The van der Waals surface area contributed by atoms with Crippen molar-refractivity contribution in [3.05, 3.63) is 58.3 Å². The molecule has 0 radical (unpaired) electrons. The number of aromatic nitrogens is 2. The summed E-state index contributed by atoms with van der Waals surface area (Å²) in [6.07, 6.45) is 3.96. The molecule has 8 heteroatoms. The molecule has 2 aromatic rings. The van der Waals surface area contributed by atoms with E-state index in [1.54, 1.807) is 37.6 Å². The second-order valence-corrected chi connectivity index (χ2v) is 7.29. The van der Waals surface area contributed by atoms with Gasteiger partial charge >= 0.3 is 0 Å². The summed E-state index contributed by atoms with van der Waals surface area (Å²) in [5.74, 6) is -0.224. The number of benzene rings is 1. The summed E-state index contributed by atoms with van der Waals surface area (Å²) in [5.41, 5.74) is 1.09. The summed E-state index contributed by atoms with van der Waals surface area (Å²) in [5, 5.41) is 7.02. The monoisotopic (exact) mass is 402 g/mol. The average molecular weight is 402 g/mol. The van der Waals surface area contributed by atoms with Gasteiger partial charge in [-0.25, -0.2) is 9.07 Å². The molecule has 29 heavy (non-hydrogen) atoms.